The summed E-state index contributed by atoms with van der Waals surface area (Å²) in [5.41, 5.74) is 5.01. The number of para-hydroxylation sites is 2. The van der Waals surface area contributed by atoms with Crippen LogP contribution in [0.3, 0.4) is 0 Å². The number of nitrogens with zero attached hydrogens (tertiary/aromatic N) is 6. The summed E-state index contributed by atoms with van der Waals surface area (Å²) in [5, 5.41) is 1.67. The molecule has 7 rings (SSSR count). The van der Waals surface area contributed by atoms with Crippen LogP contribution in [0.25, 0.3) is 0 Å². The van der Waals surface area contributed by atoms with Gasteiger partial charge in [-0.2, -0.15) is 0 Å². The van der Waals surface area contributed by atoms with Crippen molar-refractivity contribution >= 4 is 69.5 Å². The summed E-state index contributed by atoms with van der Waals surface area (Å²) in [4.78, 5) is 14.8. The highest BCUT2D eigenvalue weighted by atomic mass is 35.5. The van der Waals surface area contributed by atoms with Crippen LogP contribution in [0.1, 0.15) is 0 Å². The van der Waals surface area contributed by atoms with E-state index in [4.69, 9.17) is 23.2 Å². The van der Waals surface area contributed by atoms with Crippen molar-refractivity contribution in [2.45, 2.75) is 19.6 Å². The van der Waals surface area contributed by atoms with Crippen molar-refractivity contribution in [3.63, 3.8) is 0 Å². The van der Waals surface area contributed by atoms with Crippen LogP contribution in [0.2, 0.25) is 10.0 Å². The van der Waals surface area contributed by atoms with E-state index in [-0.39, 0.29) is 0 Å². The molecule has 0 aliphatic carbocycles. The fraction of sp³-hybridized carbons (Fsp3) is 0.400. The second-order valence-corrected chi connectivity index (χ2v) is 17.7. The predicted molar refractivity (Wildman–Crippen MR) is 215 cm³/mol. The van der Waals surface area contributed by atoms with Crippen molar-refractivity contribution in [2.24, 2.45) is 0 Å². The fourth-order valence-corrected chi connectivity index (χ4v) is 10.1. The monoisotopic (exact) mass is 748 g/mol. The number of quaternary nitrogens is 2. The number of hydrogen-bond donors (Lipinski definition) is 0. The van der Waals surface area contributed by atoms with Gasteiger partial charge in [0, 0.05) is 49.1 Å². The lowest BCUT2D eigenvalue weighted by Gasteiger charge is -2.47. The smallest absolute Gasteiger partial charge is 0.128 e. The highest BCUT2D eigenvalue weighted by Crippen LogP contribution is 2.51. The summed E-state index contributed by atoms with van der Waals surface area (Å²) in [6.45, 7) is 13.4. The first-order valence-electron chi connectivity index (χ1n) is 17.8. The van der Waals surface area contributed by atoms with Crippen molar-refractivity contribution in [2.75, 3.05) is 117 Å². The fourth-order valence-electron chi connectivity index (χ4n) is 7.34. The maximum Gasteiger partial charge on any atom is 0.128 e. The third kappa shape index (κ3) is 7.83. The number of anilines is 4. The molecule has 0 spiro atoms. The van der Waals surface area contributed by atoms with E-state index < -0.39 is 0 Å². The number of piperazine rings is 1. The van der Waals surface area contributed by atoms with Gasteiger partial charge in [-0.05, 0) is 62.6 Å². The highest BCUT2D eigenvalue weighted by molar-refractivity contribution is 8.00. The van der Waals surface area contributed by atoms with Crippen LogP contribution >= 0.6 is 46.7 Å². The molecule has 4 aromatic rings. The topological polar surface area (TPSA) is 13.0 Å². The second-order valence-electron chi connectivity index (χ2n) is 14.8. The molecular formula is C40H50Cl2N6S2+2. The zero-order valence-electron chi connectivity index (χ0n) is 29.8. The molecule has 0 radical (unpaired) electrons. The highest BCUT2D eigenvalue weighted by Gasteiger charge is 2.37. The van der Waals surface area contributed by atoms with E-state index in [2.05, 4.69) is 121 Å². The van der Waals surface area contributed by atoms with E-state index in [1.54, 1.807) is 23.5 Å². The Balaban J connectivity index is 0.875. The molecule has 0 atom stereocenters. The van der Waals surface area contributed by atoms with Crippen LogP contribution < -0.4 is 9.80 Å². The van der Waals surface area contributed by atoms with E-state index in [9.17, 15) is 0 Å². The van der Waals surface area contributed by atoms with Gasteiger partial charge in [-0.3, -0.25) is 9.80 Å². The first-order valence-corrected chi connectivity index (χ1v) is 20.2. The normalized spacial score (nSPS) is 21.2. The predicted octanol–water partition coefficient (Wildman–Crippen LogP) is 8.67. The molecule has 1 saturated heterocycles. The van der Waals surface area contributed by atoms with Crippen molar-refractivity contribution in [1.29, 1.82) is 0 Å². The number of benzene rings is 4. The molecule has 0 bridgehead atoms. The molecule has 0 amide bonds. The van der Waals surface area contributed by atoms with Gasteiger partial charge in [0.1, 0.15) is 26.2 Å². The van der Waals surface area contributed by atoms with E-state index >= 15 is 0 Å². The van der Waals surface area contributed by atoms with Crippen molar-refractivity contribution in [3.05, 3.63) is 95.0 Å². The van der Waals surface area contributed by atoms with Gasteiger partial charge in [-0.25, -0.2) is 0 Å². The number of rotatable bonds is 12. The van der Waals surface area contributed by atoms with Crippen LogP contribution in [-0.4, -0.2) is 125 Å². The Hall–Kier alpha value is -2.40. The van der Waals surface area contributed by atoms with Crippen LogP contribution in [-0.2, 0) is 0 Å². The molecule has 1 fully saturated rings. The molecule has 0 N–H and O–H groups in total. The van der Waals surface area contributed by atoms with Gasteiger partial charge in [-0.15, -0.1) is 0 Å². The quantitative estimate of drug-likeness (QED) is 0.134. The lowest BCUT2D eigenvalue weighted by molar-refractivity contribution is -1.01. The van der Waals surface area contributed by atoms with Crippen LogP contribution in [0.4, 0.5) is 22.7 Å². The Morgan fingerprint density at radius 1 is 0.540 bits per heavy atom. The summed E-state index contributed by atoms with van der Waals surface area (Å²) in [5.74, 6) is 0. The molecule has 50 heavy (non-hydrogen) atoms. The largest absolute Gasteiger partial charge is 0.338 e. The van der Waals surface area contributed by atoms with Crippen LogP contribution in [0.15, 0.2) is 105 Å². The molecule has 264 valence electrons. The van der Waals surface area contributed by atoms with Gasteiger partial charge < -0.3 is 18.8 Å². The summed E-state index contributed by atoms with van der Waals surface area (Å²) < 4.78 is 2.31. The zero-order valence-corrected chi connectivity index (χ0v) is 33.0. The molecule has 0 saturated carbocycles. The molecule has 3 aliphatic heterocycles. The first-order chi connectivity index (χ1) is 24.1. The maximum atomic E-state index is 6.65. The lowest BCUT2D eigenvalue weighted by atomic mass is 10.2. The van der Waals surface area contributed by atoms with E-state index in [1.807, 2.05) is 12.1 Å². The Bertz CT molecular complexity index is 1680. The summed E-state index contributed by atoms with van der Waals surface area (Å²) in [6.07, 6.45) is 0. The van der Waals surface area contributed by atoms with E-state index in [0.29, 0.717) is 0 Å². The zero-order chi connectivity index (χ0) is 34.9. The average molecular weight is 750 g/mol. The van der Waals surface area contributed by atoms with E-state index in [0.717, 1.165) is 68.1 Å². The van der Waals surface area contributed by atoms with Gasteiger partial charge in [-0.1, -0.05) is 83.1 Å². The minimum absolute atomic E-state index is 0.833. The molecular weight excluding hydrogens is 700 g/mol. The number of fused-ring (bicyclic) bond motifs is 4. The van der Waals surface area contributed by atoms with Gasteiger partial charge in [0.15, 0.2) is 0 Å². The van der Waals surface area contributed by atoms with Crippen molar-refractivity contribution in [1.82, 2.24) is 9.80 Å². The molecule has 0 aromatic heterocycles. The Morgan fingerprint density at radius 3 is 1.34 bits per heavy atom. The van der Waals surface area contributed by atoms with Gasteiger partial charge in [0.05, 0.1) is 69.8 Å². The number of hydrogen-bond acceptors (Lipinski definition) is 6. The molecule has 4 aromatic carbocycles. The number of likely N-dealkylation sites (N-methyl/N-ethyl adjacent to an activating group) is 4. The number of halogens is 2. The molecule has 0 unspecified atom stereocenters. The molecule has 6 nitrogen and oxygen atoms in total. The first kappa shape index (κ1) is 36.0. The SMILES string of the molecule is CN(CCN1c2ccccc2Sc2c(Cl)cccc21)CC[N+]1(C)CC[N+](C)(CCN(C)CCN2c3ccccc3Sc3c(Cl)cccc32)CC1. The minimum atomic E-state index is 0.833. The standard InChI is InChI=1S/C40H50Cl2N6S2/c1-43(19-21-45-33-13-5-7-17-37(33)49-39-31(41)11-9-15-35(39)45)23-25-47(3)27-29-48(4,30-28-47)26-24-44(2)20-22-46-34-14-6-8-18-38(34)50-40-32(42)12-10-16-36(40)46/h5-18H,19-30H2,1-4H3/q+2. The van der Waals surface area contributed by atoms with Gasteiger partial charge in [0.25, 0.3) is 0 Å². The summed E-state index contributed by atoms with van der Waals surface area (Å²) in [6, 6.07) is 30.0. The van der Waals surface area contributed by atoms with Crippen molar-refractivity contribution < 1.29 is 8.97 Å². The van der Waals surface area contributed by atoms with Crippen LogP contribution in [0, 0.1) is 0 Å². The minimum Gasteiger partial charge on any atom is -0.338 e. The molecule has 3 aliphatic rings. The van der Waals surface area contributed by atoms with Gasteiger partial charge in [0.2, 0.25) is 0 Å². The molecule has 10 heteroatoms. The molecule has 3 heterocycles. The third-order valence-corrected chi connectivity index (χ3v) is 14.3. The Morgan fingerprint density at radius 2 is 0.920 bits per heavy atom. The van der Waals surface area contributed by atoms with Crippen LogP contribution in [0.5, 0.6) is 0 Å². The second kappa shape index (κ2) is 15.3. The maximum absolute atomic E-state index is 6.65. The van der Waals surface area contributed by atoms with Crippen molar-refractivity contribution in [3.8, 4) is 0 Å². The van der Waals surface area contributed by atoms with E-state index in [1.165, 1.54) is 71.8 Å². The average Bonchev–Trinajstić information content (AvgIpc) is 3.12. The summed E-state index contributed by atoms with van der Waals surface area (Å²) >= 11 is 16.9. The third-order valence-electron chi connectivity index (χ3n) is 11.0. The summed E-state index contributed by atoms with van der Waals surface area (Å²) in [7, 11) is 9.51. The Kier molecular flexibility index (Phi) is 11.0. The Labute approximate surface area is 317 Å². The lowest BCUT2D eigenvalue weighted by Crippen LogP contribution is -2.66. The van der Waals surface area contributed by atoms with Gasteiger partial charge >= 0.3 is 0 Å².